The third-order valence-electron chi connectivity index (χ3n) is 4.05. The van der Waals surface area contributed by atoms with Crippen LogP contribution in [0.3, 0.4) is 0 Å². The number of carbonyl (C=O) groups is 2. The Morgan fingerprint density at radius 3 is 2.50 bits per heavy atom. The molecule has 1 amide bonds. The van der Waals surface area contributed by atoms with E-state index < -0.39 is 11.9 Å². The van der Waals surface area contributed by atoms with Crippen molar-refractivity contribution < 1.29 is 14.7 Å². The molecule has 0 aromatic heterocycles. The number of nitrogens with zero attached hydrogens (tertiary/aromatic N) is 1. The number of hydrogen-bond donors (Lipinski definition) is 2. The summed E-state index contributed by atoms with van der Waals surface area (Å²) in [6.45, 7) is 2.11. The monoisotopic (exact) mass is 296 g/mol. The molecule has 112 valence electrons. The Morgan fingerprint density at radius 2 is 1.91 bits per heavy atom. The summed E-state index contributed by atoms with van der Waals surface area (Å²) in [5, 5.41) is 9.03. The summed E-state index contributed by atoms with van der Waals surface area (Å²) in [6.07, 6.45) is 0. The van der Waals surface area contributed by atoms with E-state index in [-0.39, 0.29) is 5.91 Å². The molecule has 0 saturated heterocycles. The van der Waals surface area contributed by atoms with Crippen LogP contribution in [0.25, 0.3) is 0 Å². The molecule has 5 heteroatoms. The van der Waals surface area contributed by atoms with Crippen LogP contribution in [0.4, 0.5) is 11.4 Å². The Bertz CT molecular complexity index is 753. The van der Waals surface area contributed by atoms with Gasteiger partial charge in [-0.05, 0) is 36.2 Å². The number of anilines is 2. The number of carbonyl (C=O) groups excluding carboxylic acids is 1. The number of nitrogens with two attached hydrogens (primary N) is 1. The van der Waals surface area contributed by atoms with Crippen LogP contribution >= 0.6 is 0 Å². The number of carboxylic acid groups (broad SMARTS) is 1. The molecule has 0 radical (unpaired) electrons. The minimum absolute atomic E-state index is 0.118. The molecule has 1 atom stereocenters. The van der Waals surface area contributed by atoms with Gasteiger partial charge < -0.3 is 15.7 Å². The Balaban J connectivity index is 1.89. The summed E-state index contributed by atoms with van der Waals surface area (Å²) in [5.41, 5.74) is 9.29. The van der Waals surface area contributed by atoms with Crippen LogP contribution in [0.5, 0.6) is 0 Å². The number of nitrogen functional groups attached to an aromatic ring is 1. The normalized spacial score (nSPS) is 14.8. The molecule has 1 aliphatic rings. The van der Waals surface area contributed by atoms with E-state index in [4.69, 9.17) is 10.8 Å². The van der Waals surface area contributed by atoms with E-state index in [9.17, 15) is 9.59 Å². The average molecular weight is 296 g/mol. The van der Waals surface area contributed by atoms with Crippen molar-refractivity contribution in [2.45, 2.75) is 19.4 Å². The van der Waals surface area contributed by atoms with Gasteiger partial charge in [0.1, 0.15) is 0 Å². The van der Waals surface area contributed by atoms with Gasteiger partial charge in [-0.2, -0.15) is 0 Å². The maximum atomic E-state index is 12.5. The summed E-state index contributed by atoms with van der Waals surface area (Å²) < 4.78 is 0. The van der Waals surface area contributed by atoms with Gasteiger partial charge in [-0.1, -0.05) is 24.3 Å². The smallest absolute Gasteiger partial charge is 0.310 e. The first-order valence-electron chi connectivity index (χ1n) is 7.01. The van der Waals surface area contributed by atoms with Gasteiger partial charge >= 0.3 is 5.97 Å². The molecule has 2 aromatic carbocycles. The summed E-state index contributed by atoms with van der Waals surface area (Å²) >= 11 is 0. The summed E-state index contributed by atoms with van der Waals surface area (Å²) in [4.78, 5) is 25.1. The lowest BCUT2D eigenvalue weighted by Crippen LogP contribution is -2.23. The molecule has 5 nitrogen and oxygen atoms in total. The van der Waals surface area contributed by atoms with Crippen molar-refractivity contribution in [1.82, 2.24) is 0 Å². The molecule has 2 aromatic rings. The van der Waals surface area contributed by atoms with Crippen molar-refractivity contribution in [3.8, 4) is 0 Å². The van der Waals surface area contributed by atoms with E-state index in [0.717, 1.165) is 11.3 Å². The summed E-state index contributed by atoms with van der Waals surface area (Å²) in [5.74, 6) is -1.56. The average Bonchev–Trinajstić information content (AvgIpc) is 2.85. The number of hydrogen-bond acceptors (Lipinski definition) is 3. The fourth-order valence-corrected chi connectivity index (χ4v) is 2.68. The number of carboxylic acids is 1. The van der Waals surface area contributed by atoms with E-state index in [1.807, 2.05) is 12.1 Å². The molecule has 22 heavy (non-hydrogen) atoms. The van der Waals surface area contributed by atoms with Gasteiger partial charge in [0.05, 0.1) is 18.0 Å². The molecule has 3 N–H and O–H groups in total. The Labute approximate surface area is 128 Å². The SMILES string of the molecule is CC(C(=O)O)c1ccc(N2Cc3cccc(N)c3C2=O)cc1. The van der Waals surface area contributed by atoms with Gasteiger partial charge in [-0.3, -0.25) is 9.59 Å². The first-order valence-corrected chi connectivity index (χ1v) is 7.01. The predicted octanol–water partition coefficient (Wildman–Crippen LogP) is 2.62. The molecular weight excluding hydrogens is 280 g/mol. The fraction of sp³-hybridized carbons (Fsp3) is 0.176. The molecule has 0 spiro atoms. The van der Waals surface area contributed by atoms with E-state index >= 15 is 0 Å². The Morgan fingerprint density at radius 1 is 1.23 bits per heavy atom. The third kappa shape index (κ3) is 2.20. The predicted molar refractivity (Wildman–Crippen MR) is 83.9 cm³/mol. The van der Waals surface area contributed by atoms with Gasteiger partial charge in [-0.25, -0.2) is 0 Å². The van der Waals surface area contributed by atoms with Gasteiger partial charge in [0.2, 0.25) is 0 Å². The van der Waals surface area contributed by atoms with Gasteiger partial charge in [0.25, 0.3) is 5.91 Å². The zero-order chi connectivity index (χ0) is 15.9. The van der Waals surface area contributed by atoms with Crippen molar-refractivity contribution in [1.29, 1.82) is 0 Å². The van der Waals surface area contributed by atoms with E-state index in [0.29, 0.717) is 23.4 Å². The van der Waals surface area contributed by atoms with Crippen molar-refractivity contribution in [3.63, 3.8) is 0 Å². The topological polar surface area (TPSA) is 83.6 Å². The van der Waals surface area contributed by atoms with Crippen LogP contribution < -0.4 is 10.6 Å². The minimum atomic E-state index is -0.870. The summed E-state index contributed by atoms with van der Waals surface area (Å²) in [6, 6.07) is 12.5. The number of amides is 1. The molecule has 1 heterocycles. The summed E-state index contributed by atoms with van der Waals surface area (Å²) in [7, 11) is 0. The lowest BCUT2D eigenvalue weighted by Gasteiger charge is -2.17. The van der Waals surface area contributed by atoms with Crippen molar-refractivity contribution in [2.75, 3.05) is 10.6 Å². The second-order valence-corrected chi connectivity index (χ2v) is 5.42. The van der Waals surface area contributed by atoms with Gasteiger partial charge in [-0.15, -0.1) is 0 Å². The first-order chi connectivity index (χ1) is 10.5. The Kier molecular flexibility index (Phi) is 3.33. The van der Waals surface area contributed by atoms with E-state index in [2.05, 4.69) is 0 Å². The number of aliphatic carboxylic acids is 1. The Hall–Kier alpha value is -2.82. The molecule has 0 fully saturated rings. The molecule has 3 rings (SSSR count). The van der Waals surface area contributed by atoms with Crippen molar-refractivity contribution >= 4 is 23.3 Å². The number of rotatable bonds is 3. The maximum absolute atomic E-state index is 12.5. The zero-order valence-corrected chi connectivity index (χ0v) is 12.1. The third-order valence-corrected chi connectivity index (χ3v) is 4.05. The molecule has 0 aliphatic carbocycles. The second-order valence-electron chi connectivity index (χ2n) is 5.42. The molecule has 0 saturated carbocycles. The van der Waals surface area contributed by atoms with Crippen LogP contribution in [0, 0.1) is 0 Å². The zero-order valence-electron chi connectivity index (χ0n) is 12.1. The van der Waals surface area contributed by atoms with Crippen LogP contribution in [0.2, 0.25) is 0 Å². The first kappa shape index (κ1) is 14.1. The number of benzene rings is 2. The van der Waals surface area contributed by atoms with Crippen molar-refractivity contribution in [2.24, 2.45) is 0 Å². The van der Waals surface area contributed by atoms with Crippen molar-refractivity contribution in [3.05, 3.63) is 59.2 Å². The standard InChI is InChI=1S/C17H16N2O3/c1-10(17(21)22)11-5-7-13(8-6-11)19-9-12-3-2-4-14(18)15(12)16(19)20/h2-8,10H,9,18H2,1H3,(H,21,22). The number of fused-ring (bicyclic) bond motifs is 1. The highest BCUT2D eigenvalue weighted by molar-refractivity contribution is 6.13. The molecule has 0 bridgehead atoms. The molecule has 1 unspecified atom stereocenters. The molecule has 1 aliphatic heterocycles. The van der Waals surface area contributed by atoms with E-state index in [1.54, 1.807) is 42.2 Å². The highest BCUT2D eigenvalue weighted by Crippen LogP contribution is 2.32. The lowest BCUT2D eigenvalue weighted by atomic mass is 10.0. The minimum Gasteiger partial charge on any atom is -0.481 e. The quantitative estimate of drug-likeness (QED) is 0.853. The second kappa shape index (κ2) is 5.18. The van der Waals surface area contributed by atoms with Crippen LogP contribution in [0.15, 0.2) is 42.5 Å². The van der Waals surface area contributed by atoms with E-state index in [1.165, 1.54) is 0 Å². The van der Waals surface area contributed by atoms with Gasteiger partial charge in [0, 0.05) is 11.4 Å². The largest absolute Gasteiger partial charge is 0.481 e. The van der Waals surface area contributed by atoms with Gasteiger partial charge in [0.15, 0.2) is 0 Å². The lowest BCUT2D eigenvalue weighted by molar-refractivity contribution is -0.138. The van der Waals surface area contributed by atoms with Crippen LogP contribution in [-0.4, -0.2) is 17.0 Å². The van der Waals surface area contributed by atoms with Crippen LogP contribution in [0.1, 0.15) is 34.3 Å². The highest BCUT2D eigenvalue weighted by atomic mass is 16.4. The molecular formula is C17H16N2O3. The van der Waals surface area contributed by atoms with Crippen LogP contribution in [-0.2, 0) is 11.3 Å². The highest BCUT2D eigenvalue weighted by Gasteiger charge is 2.30. The fourth-order valence-electron chi connectivity index (χ4n) is 2.68. The maximum Gasteiger partial charge on any atom is 0.310 e.